The Bertz CT molecular complexity index is 809. The first-order valence-corrected chi connectivity index (χ1v) is 6.58. The minimum absolute atomic E-state index is 0.0320. The zero-order valence-electron chi connectivity index (χ0n) is 11.8. The standard InChI is InChI=1S/C15H13FN4O2/c1-20-7-6-17-13(20)9-22-15(21)11-8-18-19-14(11)10-4-2-3-5-12(10)16/h2-8H,9H2,1H3,(H,18,19). The molecule has 1 N–H and O–H groups in total. The lowest BCUT2D eigenvalue weighted by molar-refractivity contribution is 0.0460. The fraction of sp³-hybridized carbons (Fsp3) is 0.133. The summed E-state index contributed by atoms with van der Waals surface area (Å²) in [6, 6.07) is 6.15. The van der Waals surface area contributed by atoms with Crippen LogP contribution in [0.3, 0.4) is 0 Å². The summed E-state index contributed by atoms with van der Waals surface area (Å²) < 4.78 is 20.8. The second kappa shape index (κ2) is 5.80. The van der Waals surface area contributed by atoms with E-state index in [9.17, 15) is 9.18 Å². The van der Waals surface area contributed by atoms with Gasteiger partial charge in [0.25, 0.3) is 0 Å². The first-order valence-electron chi connectivity index (χ1n) is 6.58. The van der Waals surface area contributed by atoms with Crippen molar-refractivity contribution < 1.29 is 13.9 Å². The molecule has 2 aromatic heterocycles. The average Bonchev–Trinajstić information content (AvgIpc) is 3.14. The second-order valence-electron chi connectivity index (χ2n) is 4.67. The Morgan fingerprint density at radius 1 is 1.41 bits per heavy atom. The zero-order valence-corrected chi connectivity index (χ0v) is 11.8. The number of nitrogens with zero attached hydrogens (tertiary/aromatic N) is 3. The van der Waals surface area contributed by atoms with E-state index in [-0.39, 0.29) is 17.7 Å². The van der Waals surface area contributed by atoms with Gasteiger partial charge < -0.3 is 9.30 Å². The van der Waals surface area contributed by atoms with E-state index in [1.165, 1.54) is 12.3 Å². The molecule has 3 rings (SSSR count). The van der Waals surface area contributed by atoms with Crippen molar-refractivity contribution in [2.45, 2.75) is 6.61 Å². The van der Waals surface area contributed by atoms with Gasteiger partial charge in [-0.25, -0.2) is 14.2 Å². The van der Waals surface area contributed by atoms with Crippen LogP contribution in [0.25, 0.3) is 11.3 Å². The van der Waals surface area contributed by atoms with Crippen molar-refractivity contribution in [1.29, 1.82) is 0 Å². The van der Waals surface area contributed by atoms with E-state index in [0.717, 1.165) is 0 Å². The maximum absolute atomic E-state index is 13.8. The first kappa shape index (κ1) is 14.0. The lowest BCUT2D eigenvalue weighted by atomic mass is 10.1. The number of aryl methyl sites for hydroxylation is 1. The second-order valence-corrected chi connectivity index (χ2v) is 4.67. The fourth-order valence-electron chi connectivity index (χ4n) is 2.05. The molecule has 6 nitrogen and oxygen atoms in total. The largest absolute Gasteiger partial charge is 0.454 e. The van der Waals surface area contributed by atoms with E-state index in [4.69, 9.17) is 4.74 Å². The van der Waals surface area contributed by atoms with E-state index in [1.54, 1.807) is 42.2 Å². The van der Waals surface area contributed by atoms with Crippen molar-refractivity contribution in [3.63, 3.8) is 0 Å². The third kappa shape index (κ3) is 2.60. The van der Waals surface area contributed by atoms with Gasteiger partial charge in [-0.3, -0.25) is 5.10 Å². The molecule has 3 aromatic rings. The van der Waals surface area contributed by atoms with Crippen LogP contribution >= 0.6 is 0 Å². The summed E-state index contributed by atoms with van der Waals surface area (Å²) in [7, 11) is 1.80. The highest BCUT2D eigenvalue weighted by atomic mass is 19.1. The average molecular weight is 300 g/mol. The molecule has 0 radical (unpaired) electrons. The number of carbonyl (C=O) groups excluding carboxylic acids is 1. The number of aromatic nitrogens is 4. The van der Waals surface area contributed by atoms with Gasteiger partial charge in [0.1, 0.15) is 23.8 Å². The molecule has 0 aliphatic carbocycles. The number of H-pyrrole nitrogens is 1. The highest BCUT2D eigenvalue weighted by Gasteiger charge is 2.19. The number of rotatable bonds is 4. The van der Waals surface area contributed by atoms with Crippen LogP contribution in [-0.4, -0.2) is 25.7 Å². The molecule has 0 fully saturated rings. The normalized spacial score (nSPS) is 10.6. The molecule has 0 atom stereocenters. The van der Waals surface area contributed by atoms with E-state index < -0.39 is 11.8 Å². The number of ether oxygens (including phenoxy) is 1. The van der Waals surface area contributed by atoms with Crippen LogP contribution in [0.1, 0.15) is 16.2 Å². The molecule has 0 unspecified atom stereocenters. The third-order valence-corrected chi connectivity index (χ3v) is 3.26. The number of aromatic amines is 1. The van der Waals surface area contributed by atoms with E-state index >= 15 is 0 Å². The van der Waals surface area contributed by atoms with Gasteiger partial charge >= 0.3 is 5.97 Å². The first-order chi connectivity index (χ1) is 10.7. The maximum Gasteiger partial charge on any atom is 0.342 e. The van der Waals surface area contributed by atoms with Crippen molar-refractivity contribution in [3.05, 3.63) is 60.1 Å². The Kier molecular flexibility index (Phi) is 3.69. The molecule has 0 saturated carbocycles. The summed E-state index contributed by atoms with van der Waals surface area (Å²) in [6.07, 6.45) is 4.69. The lowest BCUT2D eigenvalue weighted by Crippen LogP contribution is -2.08. The summed E-state index contributed by atoms with van der Waals surface area (Å²) >= 11 is 0. The molecule has 0 aliphatic rings. The summed E-state index contributed by atoms with van der Waals surface area (Å²) in [5, 5.41) is 6.45. The van der Waals surface area contributed by atoms with Crippen LogP contribution in [0.15, 0.2) is 42.9 Å². The number of nitrogens with one attached hydrogen (secondary N) is 1. The molecular formula is C15H13FN4O2. The highest BCUT2D eigenvalue weighted by molar-refractivity contribution is 5.95. The van der Waals surface area contributed by atoms with E-state index in [1.807, 2.05) is 0 Å². The van der Waals surface area contributed by atoms with Crippen LogP contribution in [-0.2, 0) is 18.4 Å². The van der Waals surface area contributed by atoms with Crippen molar-refractivity contribution in [1.82, 2.24) is 19.7 Å². The lowest BCUT2D eigenvalue weighted by Gasteiger charge is -2.06. The smallest absolute Gasteiger partial charge is 0.342 e. The Balaban J connectivity index is 1.81. The Morgan fingerprint density at radius 3 is 2.95 bits per heavy atom. The maximum atomic E-state index is 13.8. The van der Waals surface area contributed by atoms with Gasteiger partial charge in [0.15, 0.2) is 0 Å². The SMILES string of the molecule is Cn1ccnc1COC(=O)c1cn[nH]c1-c1ccccc1F. The molecule has 0 aliphatic heterocycles. The van der Waals surface area contributed by atoms with Crippen LogP contribution < -0.4 is 0 Å². The van der Waals surface area contributed by atoms with Crippen molar-refractivity contribution in [2.75, 3.05) is 0 Å². The fourth-order valence-corrected chi connectivity index (χ4v) is 2.05. The summed E-state index contributed by atoms with van der Waals surface area (Å²) in [6.45, 7) is 0.0320. The van der Waals surface area contributed by atoms with Crippen LogP contribution in [0.4, 0.5) is 4.39 Å². The Morgan fingerprint density at radius 2 is 2.23 bits per heavy atom. The minimum atomic E-state index is -0.588. The number of esters is 1. The molecule has 0 amide bonds. The molecule has 0 bridgehead atoms. The molecule has 1 aromatic carbocycles. The number of hydrogen-bond donors (Lipinski definition) is 1. The van der Waals surface area contributed by atoms with E-state index in [0.29, 0.717) is 11.5 Å². The highest BCUT2D eigenvalue weighted by Crippen LogP contribution is 2.24. The van der Waals surface area contributed by atoms with Crippen molar-refractivity contribution >= 4 is 5.97 Å². The third-order valence-electron chi connectivity index (χ3n) is 3.26. The number of carbonyl (C=O) groups is 1. The molecule has 0 saturated heterocycles. The molecule has 2 heterocycles. The molecule has 0 spiro atoms. The number of hydrogen-bond acceptors (Lipinski definition) is 4. The monoisotopic (exact) mass is 300 g/mol. The molecular weight excluding hydrogens is 287 g/mol. The number of benzene rings is 1. The predicted octanol–water partition coefficient (Wildman–Crippen LogP) is 2.31. The summed E-state index contributed by atoms with van der Waals surface area (Å²) in [5.41, 5.74) is 0.742. The number of halogens is 1. The van der Waals surface area contributed by atoms with Crippen molar-refractivity contribution in [2.24, 2.45) is 7.05 Å². The van der Waals surface area contributed by atoms with Crippen LogP contribution in [0.5, 0.6) is 0 Å². The minimum Gasteiger partial charge on any atom is -0.454 e. The van der Waals surface area contributed by atoms with Gasteiger partial charge in [0, 0.05) is 25.0 Å². The molecule has 112 valence electrons. The topological polar surface area (TPSA) is 72.8 Å². The van der Waals surface area contributed by atoms with Gasteiger partial charge in [0.2, 0.25) is 0 Å². The summed E-state index contributed by atoms with van der Waals surface area (Å²) in [4.78, 5) is 16.2. The van der Waals surface area contributed by atoms with Crippen LogP contribution in [0.2, 0.25) is 0 Å². The van der Waals surface area contributed by atoms with Gasteiger partial charge in [-0.05, 0) is 12.1 Å². The number of imidazole rings is 1. The van der Waals surface area contributed by atoms with Gasteiger partial charge in [0.05, 0.1) is 11.9 Å². The molecule has 22 heavy (non-hydrogen) atoms. The van der Waals surface area contributed by atoms with Crippen molar-refractivity contribution in [3.8, 4) is 11.3 Å². The predicted molar refractivity (Wildman–Crippen MR) is 76.3 cm³/mol. The van der Waals surface area contributed by atoms with Gasteiger partial charge in [-0.15, -0.1) is 0 Å². The Hall–Kier alpha value is -2.96. The quantitative estimate of drug-likeness (QED) is 0.750. The van der Waals surface area contributed by atoms with Crippen LogP contribution in [0, 0.1) is 5.82 Å². The molecule has 7 heteroatoms. The summed E-state index contributed by atoms with van der Waals surface area (Å²) in [5.74, 6) is -0.413. The van der Waals surface area contributed by atoms with Gasteiger partial charge in [-0.1, -0.05) is 12.1 Å². The zero-order chi connectivity index (χ0) is 15.5. The Labute approximate surface area is 125 Å². The van der Waals surface area contributed by atoms with Gasteiger partial charge in [-0.2, -0.15) is 5.10 Å². The van der Waals surface area contributed by atoms with E-state index in [2.05, 4.69) is 15.2 Å².